The van der Waals surface area contributed by atoms with Gasteiger partial charge in [-0.3, -0.25) is 14.7 Å². The molecule has 0 bridgehead atoms. The van der Waals surface area contributed by atoms with Crippen LogP contribution in [0.25, 0.3) is 10.9 Å². The zero-order valence-electron chi connectivity index (χ0n) is 15.9. The summed E-state index contributed by atoms with van der Waals surface area (Å²) < 4.78 is 0. The van der Waals surface area contributed by atoms with E-state index in [-0.39, 0.29) is 21.9 Å². The number of benzene rings is 1. The third-order valence-corrected chi connectivity index (χ3v) is 4.86. The highest BCUT2D eigenvalue weighted by Gasteiger charge is 2.21. The quantitative estimate of drug-likeness (QED) is 0.421. The van der Waals surface area contributed by atoms with Gasteiger partial charge in [0.2, 0.25) is 6.41 Å². The standard InChI is InChI=1S/C20H19Cl2N5O2/c1-3-8-24-20(29)26-16-12(2)10-25-17-13(16)5-4-6-15(17)27(11-28)18-14(21)7-9-23-19(18)22/h4-7,9-11H,3,8H2,1-2H3,(H2,24,25,26,29). The highest BCUT2D eigenvalue weighted by atomic mass is 35.5. The summed E-state index contributed by atoms with van der Waals surface area (Å²) in [5, 5.41) is 6.70. The number of halogens is 2. The first kappa shape index (κ1) is 20.8. The Morgan fingerprint density at radius 2 is 2.03 bits per heavy atom. The van der Waals surface area contributed by atoms with Crippen LogP contribution in [0.2, 0.25) is 10.2 Å². The number of hydrogen-bond donors (Lipinski definition) is 2. The van der Waals surface area contributed by atoms with Crippen LogP contribution in [-0.4, -0.2) is 29.0 Å². The molecular weight excluding hydrogens is 413 g/mol. The van der Waals surface area contributed by atoms with Gasteiger partial charge in [0.05, 0.1) is 21.9 Å². The summed E-state index contributed by atoms with van der Waals surface area (Å²) in [7, 11) is 0. The normalized spacial score (nSPS) is 10.6. The van der Waals surface area contributed by atoms with Gasteiger partial charge in [0.1, 0.15) is 5.69 Å². The van der Waals surface area contributed by atoms with Crippen molar-refractivity contribution in [3.05, 3.63) is 52.4 Å². The average Bonchev–Trinajstić information content (AvgIpc) is 2.71. The van der Waals surface area contributed by atoms with Crippen LogP contribution in [0.5, 0.6) is 0 Å². The van der Waals surface area contributed by atoms with E-state index in [9.17, 15) is 9.59 Å². The fourth-order valence-corrected chi connectivity index (χ4v) is 3.45. The number of carbonyl (C=O) groups is 2. The number of pyridine rings is 2. The zero-order valence-corrected chi connectivity index (χ0v) is 17.4. The van der Waals surface area contributed by atoms with Crippen molar-refractivity contribution in [2.75, 3.05) is 16.8 Å². The molecule has 0 radical (unpaired) electrons. The molecule has 0 spiro atoms. The molecule has 0 atom stereocenters. The number of aromatic nitrogens is 2. The van der Waals surface area contributed by atoms with Crippen LogP contribution in [0.3, 0.4) is 0 Å². The van der Waals surface area contributed by atoms with Gasteiger partial charge in [0.15, 0.2) is 5.15 Å². The van der Waals surface area contributed by atoms with E-state index in [4.69, 9.17) is 23.2 Å². The van der Waals surface area contributed by atoms with Gasteiger partial charge in [0, 0.05) is 24.3 Å². The zero-order chi connectivity index (χ0) is 21.0. The number of rotatable bonds is 6. The lowest BCUT2D eigenvalue weighted by molar-refractivity contribution is -0.106. The topological polar surface area (TPSA) is 87.2 Å². The molecule has 2 heterocycles. The Morgan fingerprint density at radius 1 is 1.24 bits per heavy atom. The van der Waals surface area contributed by atoms with Crippen molar-refractivity contribution in [1.82, 2.24) is 15.3 Å². The summed E-state index contributed by atoms with van der Waals surface area (Å²) in [6, 6.07) is 6.55. The SMILES string of the molecule is CCCNC(=O)Nc1c(C)cnc2c(N(C=O)c3c(Cl)ccnc3Cl)cccc12. The molecular formula is C20H19Cl2N5O2. The van der Waals surface area contributed by atoms with E-state index in [2.05, 4.69) is 20.6 Å². The minimum absolute atomic E-state index is 0.0889. The molecule has 3 rings (SSSR count). The Bertz CT molecular complexity index is 1050. The second-order valence-electron chi connectivity index (χ2n) is 6.28. The van der Waals surface area contributed by atoms with E-state index in [1.807, 2.05) is 19.9 Å². The Morgan fingerprint density at radius 3 is 2.72 bits per heavy atom. The van der Waals surface area contributed by atoms with Crippen molar-refractivity contribution in [3.8, 4) is 0 Å². The highest BCUT2D eigenvalue weighted by Crippen LogP contribution is 2.39. The van der Waals surface area contributed by atoms with Gasteiger partial charge in [0.25, 0.3) is 0 Å². The van der Waals surface area contributed by atoms with Crippen LogP contribution in [0.15, 0.2) is 36.7 Å². The highest BCUT2D eigenvalue weighted by molar-refractivity contribution is 6.39. The predicted molar refractivity (Wildman–Crippen MR) is 116 cm³/mol. The summed E-state index contributed by atoms with van der Waals surface area (Å²) in [6.07, 6.45) is 4.52. The van der Waals surface area contributed by atoms with Gasteiger partial charge in [-0.2, -0.15) is 0 Å². The number of urea groups is 1. The molecule has 0 fully saturated rings. The number of nitrogens with one attached hydrogen (secondary N) is 2. The first-order valence-corrected chi connectivity index (χ1v) is 9.71. The van der Waals surface area contributed by atoms with Gasteiger partial charge in [-0.05, 0) is 31.0 Å². The maximum absolute atomic E-state index is 12.2. The lowest BCUT2D eigenvalue weighted by Crippen LogP contribution is -2.29. The van der Waals surface area contributed by atoms with Crippen molar-refractivity contribution in [2.24, 2.45) is 0 Å². The number of anilines is 3. The molecule has 0 unspecified atom stereocenters. The molecule has 2 aromatic heterocycles. The second-order valence-corrected chi connectivity index (χ2v) is 7.04. The lowest BCUT2D eigenvalue weighted by atomic mass is 10.1. The Kier molecular flexibility index (Phi) is 6.51. The molecule has 0 aliphatic heterocycles. The van der Waals surface area contributed by atoms with Crippen molar-refractivity contribution in [1.29, 1.82) is 0 Å². The summed E-state index contributed by atoms with van der Waals surface area (Å²) >= 11 is 12.5. The smallest absolute Gasteiger partial charge is 0.319 e. The summed E-state index contributed by atoms with van der Waals surface area (Å²) in [4.78, 5) is 34.0. The maximum Gasteiger partial charge on any atom is 0.319 e. The summed E-state index contributed by atoms with van der Waals surface area (Å²) in [5.74, 6) is 0. The van der Waals surface area contributed by atoms with E-state index < -0.39 is 0 Å². The van der Waals surface area contributed by atoms with E-state index in [0.717, 1.165) is 12.0 Å². The molecule has 1 aromatic carbocycles. The number of para-hydroxylation sites is 1. The minimum Gasteiger partial charge on any atom is -0.338 e. The van der Waals surface area contributed by atoms with Crippen LogP contribution in [-0.2, 0) is 4.79 Å². The monoisotopic (exact) mass is 431 g/mol. The molecule has 0 saturated heterocycles. The molecule has 150 valence electrons. The fourth-order valence-electron chi connectivity index (χ4n) is 2.91. The van der Waals surface area contributed by atoms with Gasteiger partial charge in [-0.1, -0.05) is 42.3 Å². The van der Waals surface area contributed by atoms with Crippen molar-refractivity contribution >= 4 is 63.6 Å². The predicted octanol–water partition coefficient (Wildman–Crippen LogP) is 5.07. The minimum atomic E-state index is -0.307. The lowest BCUT2D eigenvalue weighted by Gasteiger charge is -2.22. The van der Waals surface area contributed by atoms with E-state index >= 15 is 0 Å². The van der Waals surface area contributed by atoms with Gasteiger partial charge in [-0.15, -0.1) is 0 Å². The molecule has 29 heavy (non-hydrogen) atoms. The van der Waals surface area contributed by atoms with E-state index in [0.29, 0.717) is 35.2 Å². The molecule has 3 aromatic rings. The fraction of sp³-hybridized carbons (Fsp3) is 0.200. The third kappa shape index (κ3) is 4.26. The van der Waals surface area contributed by atoms with Gasteiger partial charge < -0.3 is 10.6 Å². The maximum atomic E-state index is 12.2. The summed E-state index contributed by atoms with van der Waals surface area (Å²) in [5.41, 5.74) is 2.63. The van der Waals surface area contributed by atoms with Crippen LogP contribution in [0, 0.1) is 6.92 Å². The Balaban J connectivity index is 2.14. The molecule has 0 aliphatic carbocycles. The van der Waals surface area contributed by atoms with Crippen LogP contribution >= 0.6 is 23.2 Å². The molecule has 7 nitrogen and oxygen atoms in total. The van der Waals surface area contributed by atoms with E-state index in [1.165, 1.54) is 11.1 Å². The van der Waals surface area contributed by atoms with Crippen LogP contribution < -0.4 is 15.5 Å². The number of hydrogen-bond acceptors (Lipinski definition) is 4. The molecule has 0 aliphatic rings. The van der Waals surface area contributed by atoms with Crippen LogP contribution in [0.4, 0.5) is 21.9 Å². The number of nitrogens with zero attached hydrogens (tertiary/aromatic N) is 3. The third-order valence-electron chi connectivity index (χ3n) is 4.28. The van der Waals surface area contributed by atoms with E-state index in [1.54, 1.807) is 24.4 Å². The number of carbonyl (C=O) groups excluding carboxylic acids is 2. The molecule has 2 N–H and O–H groups in total. The Labute approximate surface area is 178 Å². The second kappa shape index (κ2) is 9.07. The Hall–Kier alpha value is -2.90. The molecule has 0 saturated carbocycles. The number of fused-ring (bicyclic) bond motifs is 1. The first-order chi connectivity index (χ1) is 14.0. The van der Waals surface area contributed by atoms with Crippen molar-refractivity contribution in [2.45, 2.75) is 20.3 Å². The number of aryl methyl sites for hydroxylation is 1. The average molecular weight is 432 g/mol. The first-order valence-electron chi connectivity index (χ1n) is 8.95. The molecule has 3 amide bonds. The van der Waals surface area contributed by atoms with Gasteiger partial charge in [-0.25, -0.2) is 9.78 Å². The van der Waals surface area contributed by atoms with Gasteiger partial charge >= 0.3 is 6.03 Å². The molecule has 9 heteroatoms. The van der Waals surface area contributed by atoms with Crippen molar-refractivity contribution < 1.29 is 9.59 Å². The largest absolute Gasteiger partial charge is 0.338 e. The van der Waals surface area contributed by atoms with Crippen molar-refractivity contribution in [3.63, 3.8) is 0 Å². The summed E-state index contributed by atoms with van der Waals surface area (Å²) in [6.45, 7) is 4.39. The van der Waals surface area contributed by atoms with Crippen LogP contribution in [0.1, 0.15) is 18.9 Å². The number of amides is 3.